The third kappa shape index (κ3) is 3.88. The van der Waals surface area contributed by atoms with E-state index in [-0.39, 0.29) is 0 Å². The summed E-state index contributed by atoms with van der Waals surface area (Å²) in [6.07, 6.45) is 12.7. The van der Waals surface area contributed by atoms with Crippen LogP contribution in [0, 0.1) is 11.8 Å². The summed E-state index contributed by atoms with van der Waals surface area (Å²) in [6, 6.07) is 12.5. The van der Waals surface area contributed by atoms with Gasteiger partial charge in [-0.3, -0.25) is 0 Å². The molecule has 0 radical (unpaired) electrons. The van der Waals surface area contributed by atoms with Crippen LogP contribution < -0.4 is 5.32 Å². The van der Waals surface area contributed by atoms with Crippen LogP contribution in [0.1, 0.15) is 76.3 Å². The maximum absolute atomic E-state index is 4.09. The van der Waals surface area contributed by atoms with E-state index in [1.165, 1.54) is 63.4 Å². The Morgan fingerprint density at radius 1 is 0.857 bits per heavy atom. The van der Waals surface area contributed by atoms with Gasteiger partial charge in [0, 0.05) is 12.1 Å². The first-order valence-electron chi connectivity index (χ1n) is 9.15. The Morgan fingerprint density at radius 2 is 1.52 bits per heavy atom. The van der Waals surface area contributed by atoms with Gasteiger partial charge in [-0.1, -0.05) is 69.4 Å². The van der Waals surface area contributed by atoms with Gasteiger partial charge in [0.05, 0.1) is 0 Å². The summed E-state index contributed by atoms with van der Waals surface area (Å²) in [5, 5.41) is 4.09. The first kappa shape index (κ1) is 15.1. The van der Waals surface area contributed by atoms with E-state index < -0.39 is 0 Å². The van der Waals surface area contributed by atoms with Gasteiger partial charge in [0.2, 0.25) is 0 Å². The highest BCUT2D eigenvalue weighted by Crippen LogP contribution is 2.36. The lowest BCUT2D eigenvalue weighted by Gasteiger charge is -2.38. The molecule has 0 aromatic heterocycles. The van der Waals surface area contributed by atoms with Crippen molar-refractivity contribution < 1.29 is 0 Å². The van der Waals surface area contributed by atoms with Crippen LogP contribution in [0.25, 0.3) is 0 Å². The molecule has 0 amide bonds. The molecule has 21 heavy (non-hydrogen) atoms. The molecule has 1 nitrogen and oxygen atoms in total. The van der Waals surface area contributed by atoms with Crippen LogP contribution in [0.15, 0.2) is 30.3 Å². The highest BCUT2D eigenvalue weighted by atomic mass is 15.0. The van der Waals surface area contributed by atoms with Gasteiger partial charge in [-0.15, -0.1) is 0 Å². The van der Waals surface area contributed by atoms with Gasteiger partial charge >= 0.3 is 0 Å². The summed E-state index contributed by atoms with van der Waals surface area (Å²) in [5.74, 6) is 1.68. The number of rotatable bonds is 4. The largest absolute Gasteiger partial charge is 0.307 e. The van der Waals surface area contributed by atoms with Crippen molar-refractivity contribution in [2.45, 2.75) is 76.8 Å². The maximum Gasteiger partial charge on any atom is 0.0351 e. The SMILES string of the molecule is CC1CCCCC1NC(c1ccccc1)C1CCCCC1. The van der Waals surface area contributed by atoms with Crippen molar-refractivity contribution in [1.82, 2.24) is 5.32 Å². The normalized spacial score (nSPS) is 29.2. The molecule has 3 atom stereocenters. The molecule has 2 saturated carbocycles. The first-order chi connectivity index (χ1) is 10.3. The predicted octanol–water partition coefficient (Wildman–Crippen LogP) is 5.48. The van der Waals surface area contributed by atoms with Crippen LogP contribution in [0.2, 0.25) is 0 Å². The minimum atomic E-state index is 0.581. The van der Waals surface area contributed by atoms with Crippen LogP contribution in [0.4, 0.5) is 0 Å². The summed E-state index contributed by atoms with van der Waals surface area (Å²) in [4.78, 5) is 0. The van der Waals surface area contributed by atoms with Crippen molar-refractivity contribution in [3.05, 3.63) is 35.9 Å². The van der Waals surface area contributed by atoms with Gasteiger partial charge < -0.3 is 5.32 Å². The Balaban J connectivity index is 1.75. The second-order valence-corrected chi connectivity index (χ2v) is 7.32. The molecule has 0 saturated heterocycles. The number of nitrogens with one attached hydrogen (secondary N) is 1. The maximum atomic E-state index is 4.09. The fraction of sp³-hybridized carbons (Fsp3) is 0.700. The van der Waals surface area contributed by atoms with Crippen LogP contribution in [0.3, 0.4) is 0 Å². The molecule has 0 heterocycles. The van der Waals surface area contributed by atoms with Gasteiger partial charge in [-0.2, -0.15) is 0 Å². The van der Waals surface area contributed by atoms with E-state index >= 15 is 0 Å². The summed E-state index contributed by atoms with van der Waals surface area (Å²) >= 11 is 0. The second-order valence-electron chi connectivity index (χ2n) is 7.32. The molecule has 3 rings (SSSR count). The summed E-state index contributed by atoms with van der Waals surface area (Å²) in [6.45, 7) is 2.44. The quantitative estimate of drug-likeness (QED) is 0.772. The standard InChI is InChI=1S/C20H31N/c1-16-10-8-9-15-19(16)21-20(17-11-4-2-5-12-17)18-13-6-3-7-14-18/h2,4-5,11-12,16,18-21H,3,6-10,13-15H2,1H3. The van der Waals surface area contributed by atoms with Gasteiger partial charge in [-0.25, -0.2) is 0 Å². The lowest BCUT2D eigenvalue weighted by molar-refractivity contribution is 0.201. The number of hydrogen-bond acceptors (Lipinski definition) is 1. The number of benzene rings is 1. The fourth-order valence-electron chi connectivity index (χ4n) is 4.43. The molecule has 1 N–H and O–H groups in total. The average Bonchev–Trinajstić information content (AvgIpc) is 2.56. The fourth-order valence-corrected chi connectivity index (χ4v) is 4.43. The Labute approximate surface area is 130 Å². The summed E-state index contributed by atoms with van der Waals surface area (Å²) in [7, 11) is 0. The van der Waals surface area contributed by atoms with Crippen molar-refractivity contribution in [2.24, 2.45) is 11.8 Å². The topological polar surface area (TPSA) is 12.0 Å². The highest BCUT2D eigenvalue weighted by molar-refractivity contribution is 5.20. The van der Waals surface area contributed by atoms with E-state index in [9.17, 15) is 0 Å². The number of hydrogen-bond donors (Lipinski definition) is 1. The van der Waals surface area contributed by atoms with Gasteiger partial charge in [0.1, 0.15) is 0 Å². The molecule has 1 aromatic rings. The zero-order valence-corrected chi connectivity index (χ0v) is 13.6. The minimum absolute atomic E-state index is 0.581. The molecule has 0 spiro atoms. The van der Waals surface area contributed by atoms with Crippen LogP contribution >= 0.6 is 0 Å². The molecule has 3 unspecified atom stereocenters. The molecule has 2 aliphatic rings. The van der Waals surface area contributed by atoms with Crippen molar-refractivity contribution in [3.63, 3.8) is 0 Å². The lowest BCUT2D eigenvalue weighted by atomic mass is 9.79. The van der Waals surface area contributed by atoms with Gasteiger partial charge in [0.15, 0.2) is 0 Å². The summed E-state index contributed by atoms with van der Waals surface area (Å²) < 4.78 is 0. The molecular formula is C20H31N. The van der Waals surface area contributed by atoms with E-state index in [1.54, 1.807) is 0 Å². The minimum Gasteiger partial charge on any atom is -0.307 e. The predicted molar refractivity (Wildman–Crippen MR) is 90.3 cm³/mol. The Bertz CT molecular complexity index is 407. The van der Waals surface area contributed by atoms with Crippen molar-refractivity contribution in [3.8, 4) is 0 Å². The Kier molecular flexibility index (Phi) is 5.35. The van der Waals surface area contributed by atoms with E-state index in [0.717, 1.165) is 17.9 Å². The van der Waals surface area contributed by atoms with Gasteiger partial charge in [0.25, 0.3) is 0 Å². The Hall–Kier alpha value is -0.820. The smallest absolute Gasteiger partial charge is 0.0351 e. The first-order valence-corrected chi connectivity index (χ1v) is 9.15. The summed E-state index contributed by atoms with van der Waals surface area (Å²) in [5.41, 5.74) is 1.52. The van der Waals surface area contributed by atoms with Crippen molar-refractivity contribution >= 4 is 0 Å². The van der Waals surface area contributed by atoms with Crippen LogP contribution in [-0.4, -0.2) is 6.04 Å². The van der Waals surface area contributed by atoms with Crippen LogP contribution in [0.5, 0.6) is 0 Å². The molecule has 0 bridgehead atoms. The van der Waals surface area contributed by atoms with E-state index in [0.29, 0.717) is 6.04 Å². The molecule has 1 aromatic carbocycles. The zero-order chi connectivity index (χ0) is 14.5. The molecule has 2 aliphatic carbocycles. The third-order valence-electron chi connectivity index (χ3n) is 5.79. The van der Waals surface area contributed by atoms with Crippen LogP contribution in [-0.2, 0) is 0 Å². The lowest BCUT2D eigenvalue weighted by Crippen LogP contribution is -2.42. The molecule has 116 valence electrons. The monoisotopic (exact) mass is 285 g/mol. The molecule has 1 heteroatoms. The molecule has 2 fully saturated rings. The molecule has 0 aliphatic heterocycles. The van der Waals surface area contributed by atoms with E-state index in [1.807, 2.05) is 0 Å². The van der Waals surface area contributed by atoms with E-state index in [4.69, 9.17) is 0 Å². The molecular weight excluding hydrogens is 254 g/mol. The van der Waals surface area contributed by atoms with E-state index in [2.05, 4.69) is 42.6 Å². The highest BCUT2D eigenvalue weighted by Gasteiger charge is 2.29. The third-order valence-corrected chi connectivity index (χ3v) is 5.79. The van der Waals surface area contributed by atoms with Crippen molar-refractivity contribution in [2.75, 3.05) is 0 Å². The second kappa shape index (κ2) is 7.45. The zero-order valence-electron chi connectivity index (χ0n) is 13.6. The van der Waals surface area contributed by atoms with Gasteiger partial charge in [-0.05, 0) is 43.1 Å². The van der Waals surface area contributed by atoms with Crippen molar-refractivity contribution in [1.29, 1.82) is 0 Å². The average molecular weight is 285 g/mol. The Morgan fingerprint density at radius 3 is 2.24 bits per heavy atom.